The fourth-order valence-electron chi connectivity index (χ4n) is 4.07. The van der Waals surface area contributed by atoms with Gasteiger partial charge >= 0.3 is 0 Å². The molecular weight excluding hydrogens is 276 g/mol. The Kier molecular flexibility index (Phi) is 3.20. The summed E-state index contributed by atoms with van der Waals surface area (Å²) >= 11 is 0. The van der Waals surface area contributed by atoms with E-state index in [0.29, 0.717) is 0 Å². The van der Waals surface area contributed by atoms with Crippen LogP contribution in [-0.2, 0) is 5.41 Å². The zero-order valence-corrected chi connectivity index (χ0v) is 13.1. The Morgan fingerprint density at radius 3 is 2.52 bits per heavy atom. The first-order valence-electron chi connectivity index (χ1n) is 7.98. The molecule has 0 atom stereocenters. The van der Waals surface area contributed by atoms with Gasteiger partial charge in [-0.3, -0.25) is 0 Å². The quantitative estimate of drug-likeness (QED) is 0.529. The van der Waals surface area contributed by atoms with Crippen LogP contribution in [0.5, 0.6) is 0 Å². The van der Waals surface area contributed by atoms with Gasteiger partial charge in [-0.1, -0.05) is 48.6 Å². The highest BCUT2D eigenvalue weighted by molar-refractivity contribution is 6.02. The minimum atomic E-state index is -0.0908. The molecule has 3 aromatic carbocycles. The lowest BCUT2D eigenvalue weighted by atomic mass is 9.73. The number of rotatable bonds is 4. The van der Waals surface area contributed by atoms with Crippen LogP contribution in [-0.4, -0.2) is 0 Å². The molecule has 0 saturated heterocycles. The third-order valence-corrected chi connectivity index (χ3v) is 4.99. The molecule has 0 unspecified atom stereocenters. The first-order valence-corrected chi connectivity index (χ1v) is 7.98. The van der Waals surface area contributed by atoms with Crippen molar-refractivity contribution in [3.63, 3.8) is 0 Å². The van der Waals surface area contributed by atoms with Gasteiger partial charge < -0.3 is 0 Å². The predicted molar refractivity (Wildman–Crippen MR) is 97.5 cm³/mol. The van der Waals surface area contributed by atoms with Crippen molar-refractivity contribution in [2.75, 3.05) is 0 Å². The molecule has 0 aliphatic heterocycles. The molecule has 0 amide bonds. The summed E-state index contributed by atoms with van der Waals surface area (Å²) in [5, 5.41) is 2.44. The van der Waals surface area contributed by atoms with Crippen molar-refractivity contribution >= 4 is 10.8 Å². The Bertz CT molecular complexity index is 904. The zero-order valence-electron chi connectivity index (χ0n) is 13.1. The van der Waals surface area contributed by atoms with Gasteiger partial charge in [0.1, 0.15) is 0 Å². The van der Waals surface area contributed by atoms with E-state index in [0.717, 1.165) is 18.2 Å². The summed E-state index contributed by atoms with van der Waals surface area (Å²) in [5.41, 5.74) is 5.23. The van der Waals surface area contributed by atoms with Crippen molar-refractivity contribution in [2.24, 2.45) is 0 Å². The molecule has 23 heavy (non-hydrogen) atoms. The molecule has 0 heterocycles. The van der Waals surface area contributed by atoms with Crippen LogP contribution in [0, 0.1) is 12.1 Å². The molecule has 0 nitrogen and oxygen atoms in total. The molecule has 1 aliphatic carbocycles. The minimum Gasteiger partial charge on any atom is -0.103 e. The highest BCUT2D eigenvalue weighted by Crippen LogP contribution is 2.54. The van der Waals surface area contributed by atoms with Gasteiger partial charge in [-0.15, -0.1) is 13.2 Å². The van der Waals surface area contributed by atoms with Crippen LogP contribution in [0.4, 0.5) is 0 Å². The van der Waals surface area contributed by atoms with E-state index in [1.807, 2.05) is 18.2 Å². The molecule has 0 heteroatoms. The molecule has 2 radical (unpaired) electrons. The normalized spacial score (nSPS) is 14.3. The average Bonchev–Trinajstić information content (AvgIpc) is 2.87. The van der Waals surface area contributed by atoms with E-state index in [4.69, 9.17) is 0 Å². The van der Waals surface area contributed by atoms with E-state index in [-0.39, 0.29) is 5.41 Å². The summed E-state index contributed by atoms with van der Waals surface area (Å²) in [6.45, 7) is 8.01. The first kappa shape index (κ1) is 14.0. The minimum absolute atomic E-state index is 0.0908. The summed E-state index contributed by atoms with van der Waals surface area (Å²) in [6.07, 6.45) is 5.82. The van der Waals surface area contributed by atoms with E-state index in [9.17, 15) is 0 Å². The van der Waals surface area contributed by atoms with Gasteiger partial charge in [-0.2, -0.15) is 0 Å². The van der Waals surface area contributed by atoms with Gasteiger partial charge in [-0.25, -0.2) is 0 Å². The van der Waals surface area contributed by atoms with Crippen LogP contribution in [0.1, 0.15) is 24.0 Å². The fraction of sp³-hybridized carbons (Fsp3) is 0.130. The van der Waals surface area contributed by atoms with Gasteiger partial charge in [0.25, 0.3) is 0 Å². The van der Waals surface area contributed by atoms with Crippen LogP contribution >= 0.6 is 0 Å². The number of hydrogen-bond acceptors (Lipinski definition) is 0. The van der Waals surface area contributed by atoms with Gasteiger partial charge in [0.05, 0.1) is 0 Å². The zero-order chi connectivity index (χ0) is 15.9. The highest BCUT2D eigenvalue weighted by atomic mass is 14.4. The van der Waals surface area contributed by atoms with E-state index in [1.165, 1.54) is 27.6 Å². The van der Waals surface area contributed by atoms with Crippen LogP contribution < -0.4 is 0 Å². The number of fused-ring (bicyclic) bond motifs is 5. The van der Waals surface area contributed by atoms with Crippen molar-refractivity contribution in [2.45, 2.75) is 18.3 Å². The SMILES string of the molecule is C=CCC1(CC=C)c2c[c]ccc2-c2c1c[c]c1ccccc21. The standard InChI is InChI=1S/C23H18/c1-3-15-23(16-4-2)20-12-8-7-11-19(20)22-18-10-6-5-9-17(18)13-14-21(22)23/h3-7,9-12,14H,1-2,15-16H2. The number of hydrogen-bond donors (Lipinski definition) is 0. The Balaban J connectivity index is 2.16. The third-order valence-electron chi connectivity index (χ3n) is 4.99. The van der Waals surface area contributed by atoms with E-state index in [2.05, 4.69) is 67.8 Å². The Morgan fingerprint density at radius 2 is 1.74 bits per heavy atom. The van der Waals surface area contributed by atoms with Crippen molar-refractivity contribution in [3.8, 4) is 11.1 Å². The highest BCUT2D eigenvalue weighted by Gasteiger charge is 2.41. The third kappa shape index (κ3) is 1.85. The van der Waals surface area contributed by atoms with E-state index in [1.54, 1.807) is 0 Å². The lowest BCUT2D eigenvalue weighted by Gasteiger charge is -2.30. The molecule has 4 rings (SSSR count). The Labute approximate surface area is 137 Å². The molecule has 0 fully saturated rings. The Hall–Kier alpha value is -2.60. The first-order chi connectivity index (χ1) is 11.3. The molecule has 110 valence electrons. The second-order valence-electron chi connectivity index (χ2n) is 6.16. The molecule has 0 aromatic heterocycles. The molecule has 3 aromatic rings. The van der Waals surface area contributed by atoms with Crippen molar-refractivity contribution < 1.29 is 0 Å². The maximum absolute atomic E-state index is 4.00. The second kappa shape index (κ2) is 5.24. The van der Waals surface area contributed by atoms with Gasteiger partial charge in [0.2, 0.25) is 0 Å². The lowest BCUT2D eigenvalue weighted by Crippen LogP contribution is -2.23. The monoisotopic (exact) mass is 294 g/mol. The van der Waals surface area contributed by atoms with Gasteiger partial charge in [-0.05, 0) is 70.1 Å². The number of benzene rings is 3. The lowest BCUT2D eigenvalue weighted by molar-refractivity contribution is 0.543. The van der Waals surface area contributed by atoms with Crippen LogP contribution in [0.25, 0.3) is 21.9 Å². The molecule has 0 bridgehead atoms. The summed E-state index contributed by atoms with van der Waals surface area (Å²) in [7, 11) is 0. The number of allylic oxidation sites excluding steroid dienone is 2. The maximum atomic E-state index is 4.00. The Morgan fingerprint density at radius 1 is 0.957 bits per heavy atom. The summed E-state index contributed by atoms with van der Waals surface area (Å²) in [5.74, 6) is 0. The van der Waals surface area contributed by atoms with Crippen LogP contribution in [0.3, 0.4) is 0 Å². The molecule has 0 saturated carbocycles. The van der Waals surface area contributed by atoms with E-state index < -0.39 is 0 Å². The van der Waals surface area contributed by atoms with Gasteiger partial charge in [0, 0.05) is 5.41 Å². The molecule has 0 spiro atoms. The molecular formula is C23H18. The topological polar surface area (TPSA) is 0 Å². The van der Waals surface area contributed by atoms with E-state index >= 15 is 0 Å². The largest absolute Gasteiger partial charge is 0.103 e. The maximum Gasteiger partial charge on any atom is 0.0284 e. The van der Waals surface area contributed by atoms with Crippen LogP contribution in [0.15, 0.2) is 73.8 Å². The van der Waals surface area contributed by atoms with Crippen LogP contribution in [0.2, 0.25) is 0 Å². The average molecular weight is 294 g/mol. The smallest absolute Gasteiger partial charge is 0.0284 e. The predicted octanol–water partition coefficient (Wildman–Crippen LogP) is 5.86. The van der Waals surface area contributed by atoms with Crippen molar-refractivity contribution in [3.05, 3.63) is 97.1 Å². The fourth-order valence-corrected chi connectivity index (χ4v) is 4.07. The van der Waals surface area contributed by atoms with Gasteiger partial charge in [0.15, 0.2) is 0 Å². The molecule has 1 aliphatic rings. The summed E-state index contributed by atoms with van der Waals surface area (Å²) < 4.78 is 0. The van der Waals surface area contributed by atoms with Crippen molar-refractivity contribution in [1.82, 2.24) is 0 Å². The summed E-state index contributed by atoms with van der Waals surface area (Å²) in [4.78, 5) is 0. The molecule has 0 N–H and O–H groups in total. The summed E-state index contributed by atoms with van der Waals surface area (Å²) in [6, 6.07) is 23.8. The van der Waals surface area contributed by atoms with Crippen molar-refractivity contribution in [1.29, 1.82) is 0 Å². The second-order valence-corrected chi connectivity index (χ2v) is 6.16.